The van der Waals surface area contributed by atoms with Crippen molar-refractivity contribution < 1.29 is 9.53 Å². The zero-order chi connectivity index (χ0) is 20.9. The third kappa shape index (κ3) is 3.00. The van der Waals surface area contributed by atoms with E-state index in [2.05, 4.69) is 75.8 Å². The number of ether oxygens (including phenoxy) is 1. The number of fused-ring (bicyclic) bond motifs is 4. The van der Waals surface area contributed by atoms with E-state index >= 15 is 0 Å². The molecule has 3 N–H and O–H groups in total. The molecule has 3 aromatic rings. The molecule has 0 aromatic heterocycles. The van der Waals surface area contributed by atoms with Crippen LogP contribution in [0.1, 0.15) is 6.92 Å². The molecule has 3 aliphatic heterocycles. The van der Waals surface area contributed by atoms with E-state index in [1.165, 1.54) is 10.8 Å². The lowest BCUT2D eigenvalue weighted by atomic mass is 9.97. The molecule has 3 aromatic carbocycles. The lowest BCUT2D eigenvalue weighted by Gasteiger charge is -2.39. The summed E-state index contributed by atoms with van der Waals surface area (Å²) in [5, 5.41) is 13.6. The summed E-state index contributed by atoms with van der Waals surface area (Å²) < 4.78 is 6.06. The number of hydrogen-bond acceptors (Lipinski definition) is 6. The third-order valence-corrected chi connectivity index (χ3v) is 6.26. The maximum Gasteiger partial charge on any atom is 0.262 e. The van der Waals surface area contributed by atoms with Gasteiger partial charge in [-0.25, -0.2) is 5.43 Å². The Bertz CT molecular complexity index is 1230. The van der Waals surface area contributed by atoms with Gasteiger partial charge in [-0.05, 0) is 41.5 Å². The SMILES string of the molecule is CC1C(=O)NN=C2COc3cc(-c4ccc5ccccc5c4)c(NC4CNC4)cc3N21. The maximum atomic E-state index is 12.3. The van der Waals surface area contributed by atoms with E-state index in [1.54, 1.807) is 0 Å². The van der Waals surface area contributed by atoms with Gasteiger partial charge >= 0.3 is 0 Å². The quantitative estimate of drug-likeness (QED) is 0.616. The van der Waals surface area contributed by atoms with Crippen LogP contribution >= 0.6 is 0 Å². The van der Waals surface area contributed by atoms with Gasteiger partial charge in [-0.15, -0.1) is 0 Å². The number of hydrogen-bond donors (Lipinski definition) is 3. The first-order valence-corrected chi connectivity index (χ1v) is 10.6. The van der Waals surface area contributed by atoms with Crippen molar-refractivity contribution in [2.75, 3.05) is 29.9 Å². The van der Waals surface area contributed by atoms with Gasteiger partial charge in [0.25, 0.3) is 5.91 Å². The van der Waals surface area contributed by atoms with Gasteiger partial charge in [-0.1, -0.05) is 36.4 Å². The highest BCUT2D eigenvalue weighted by atomic mass is 16.5. The Morgan fingerprint density at radius 1 is 1.10 bits per heavy atom. The van der Waals surface area contributed by atoms with Crippen LogP contribution in [-0.4, -0.2) is 43.5 Å². The van der Waals surface area contributed by atoms with Crippen LogP contribution in [0.2, 0.25) is 0 Å². The number of hydrazone groups is 1. The van der Waals surface area contributed by atoms with E-state index in [0.29, 0.717) is 18.5 Å². The number of amides is 1. The second kappa shape index (κ2) is 6.99. The van der Waals surface area contributed by atoms with Crippen molar-refractivity contribution in [3.05, 3.63) is 54.6 Å². The smallest absolute Gasteiger partial charge is 0.262 e. The van der Waals surface area contributed by atoms with E-state index in [1.807, 2.05) is 11.8 Å². The number of anilines is 2. The third-order valence-electron chi connectivity index (χ3n) is 6.26. The van der Waals surface area contributed by atoms with Crippen molar-refractivity contribution in [3.8, 4) is 16.9 Å². The lowest BCUT2D eigenvalue weighted by molar-refractivity contribution is -0.122. The first-order valence-electron chi connectivity index (χ1n) is 10.6. The first kappa shape index (κ1) is 18.2. The standard InChI is InChI=1S/C24H23N5O2/c1-14-24(30)28-27-23-13-31-22-9-19(17-7-6-15-4-2-3-5-16(15)8-17)20(10-21(22)29(14)23)26-18-11-25-12-18/h2-10,14,18,25-26H,11-13H2,1H3,(H,28,30). The van der Waals surface area contributed by atoms with Crippen molar-refractivity contribution in [1.82, 2.24) is 10.7 Å². The molecule has 0 bridgehead atoms. The number of rotatable bonds is 3. The van der Waals surface area contributed by atoms with Gasteiger partial charge in [0, 0.05) is 24.3 Å². The molecular weight excluding hydrogens is 390 g/mol. The summed E-state index contributed by atoms with van der Waals surface area (Å²) in [7, 11) is 0. The normalized spacial score (nSPS) is 20.2. The lowest BCUT2D eigenvalue weighted by Crippen LogP contribution is -2.55. The van der Waals surface area contributed by atoms with E-state index in [9.17, 15) is 4.79 Å². The van der Waals surface area contributed by atoms with Crippen LogP contribution < -0.4 is 25.7 Å². The van der Waals surface area contributed by atoms with Gasteiger partial charge in [0.05, 0.1) is 11.7 Å². The van der Waals surface area contributed by atoms with Crippen LogP contribution in [0.15, 0.2) is 59.7 Å². The zero-order valence-electron chi connectivity index (χ0n) is 17.2. The van der Waals surface area contributed by atoms with Gasteiger partial charge < -0.3 is 20.3 Å². The summed E-state index contributed by atoms with van der Waals surface area (Å²) in [4.78, 5) is 14.2. The fraction of sp³-hybridized carbons (Fsp3) is 0.250. The molecule has 6 rings (SSSR count). The molecule has 1 saturated heterocycles. The van der Waals surface area contributed by atoms with Gasteiger partial charge in [-0.3, -0.25) is 4.79 Å². The summed E-state index contributed by atoms with van der Waals surface area (Å²) in [6, 6.07) is 19.1. The van der Waals surface area contributed by atoms with Gasteiger partial charge in [0.15, 0.2) is 5.84 Å². The second-order valence-corrected chi connectivity index (χ2v) is 8.27. The molecule has 156 valence electrons. The maximum absolute atomic E-state index is 12.3. The monoisotopic (exact) mass is 413 g/mol. The fourth-order valence-electron chi connectivity index (χ4n) is 4.40. The van der Waals surface area contributed by atoms with E-state index in [-0.39, 0.29) is 11.9 Å². The van der Waals surface area contributed by atoms with Crippen LogP contribution in [0, 0.1) is 0 Å². The van der Waals surface area contributed by atoms with Crippen LogP contribution in [0.5, 0.6) is 5.75 Å². The average Bonchev–Trinajstić information content (AvgIpc) is 2.77. The molecule has 0 aliphatic carbocycles. The predicted octanol–water partition coefficient (Wildman–Crippen LogP) is 2.92. The molecule has 1 unspecified atom stereocenters. The Labute approximate surface area is 180 Å². The van der Waals surface area contributed by atoms with Gasteiger partial charge in [0.2, 0.25) is 0 Å². The van der Waals surface area contributed by atoms with E-state index < -0.39 is 0 Å². The van der Waals surface area contributed by atoms with Gasteiger partial charge in [-0.2, -0.15) is 5.10 Å². The average molecular weight is 413 g/mol. The van der Waals surface area contributed by atoms with Crippen molar-refractivity contribution in [1.29, 1.82) is 0 Å². The summed E-state index contributed by atoms with van der Waals surface area (Å²) in [6.45, 7) is 4.08. The Hall–Kier alpha value is -3.58. The zero-order valence-corrected chi connectivity index (χ0v) is 17.2. The highest BCUT2D eigenvalue weighted by Gasteiger charge is 2.36. The van der Waals surface area contributed by atoms with Crippen molar-refractivity contribution >= 4 is 33.9 Å². The minimum atomic E-state index is -0.347. The van der Waals surface area contributed by atoms with E-state index in [4.69, 9.17) is 4.74 Å². The number of carbonyl (C=O) groups is 1. The Kier molecular flexibility index (Phi) is 4.11. The van der Waals surface area contributed by atoms with E-state index in [0.717, 1.165) is 41.3 Å². The minimum absolute atomic E-state index is 0.118. The summed E-state index contributed by atoms with van der Waals surface area (Å²) in [5.41, 5.74) is 6.70. The van der Waals surface area contributed by atoms with Crippen molar-refractivity contribution in [3.63, 3.8) is 0 Å². The summed E-state index contributed by atoms with van der Waals surface area (Å²) >= 11 is 0. The molecular formula is C24H23N5O2. The first-order chi connectivity index (χ1) is 15.2. The molecule has 1 fully saturated rings. The van der Waals surface area contributed by atoms with Crippen molar-refractivity contribution in [2.45, 2.75) is 19.0 Å². The molecule has 3 aliphatic rings. The molecule has 1 amide bonds. The number of nitrogens with one attached hydrogen (secondary N) is 3. The molecule has 0 radical (unpaired) electrons. The topological polar surface area (TPSA) is 78.0 Å². The molecule has 0 saturated carbocycles. The highest BCUT2D eigenvalue weighted by Crippen LogP contribution is 2.43. The summed E-state index contributed by atoms with van der Waals surface area (Å²) in [6.07, 6.45) is 0. The highest BCUT2D eigenvalue weighted by molar-refractivity contribution is 6.10. The fourth-order valence-corrected chi connectivity index (χ4v) is 4.40. The Morgan fingerprint density at radius 3 is 2.74 bits per heavy atom. The Morgan fingerprint density at radius 2 is 1.94 bits per heavy atom. The second-order valence-electron chi connectivity index (χ2n) is 8.27. The van der Waals surface area contributed by atoms with Crippen LogP contribution in [-0.2, 0) is 4.79 Å². The van der Waals surface area contributed by atoms with Crippen LogP contribution in [0.4, 0.5) is 11.4 Å². The molecule has 7 heteroatoms. The molecule has 3 heterocycles. The Balaban J connectivity index is 1.50. The minimum Gasteiger partial charge on any atom is -0.483 e. The number of nitrogens with zero attached hydrogens (tertiary/aromatic N) is 2. The molecule has 1 atom stereocenters. The molecule has 7 nitrogen and oxygen atoms in total. The van der Waals surface area contributed by atoms with Crippen molar-refractivity contribution in [2.24, 2.45) is 5.10 Å². The van der Waals surface area contributed by atoms with Gasteiger partial charge in [0.1, 0.15) is 18.4 Å². The number of amidine groups is 1. The summed E-state index contributed by atoms with van der Waals surface area (Å²) in [5.74, 6) is 1.36. The molecule has 31 heavy (non-hydrogen) atoms. The molecule has 0 spiro atoms. The predicted molar refractivity (Wildman–Crippen MR) is 123 cm³/mol. The van der Waals surface area contributed by atoms with Crippen LogP contribution in [0.25, 0.3) is 21.9 Å². The number of benzene rings is 3. The largest absolute Gasteiger partial charge is 0.483 e. The van der Waals surface area contributed by atoms with Crippen LogP contribution in [0.3, 0.4) is 0 Å². The number of carbonyl (C=O) groups excluding carboxylic acids is 1.